The van der Waals surface area contributed by atoms with Crippen LogP contribution in [0.25, 0.3) is 11.4 Å². The molecular weight excluding hydrogens is 333 g/mol. The Morgan fingerprint density at radius 1 is 1.13 bits per heavy atom. The molecule has 1 heterocycles. The summed E-state index contributed by atoms with van der Waals surface area (Å²) in [5.41, 5.74) is 1.92. The van der Waals surface area contributed by atoms with E-state index >= 15 is 0 Å². The maximum atomic E-state index is 13.1. The summed E-state index contributed by atoms with van der Waals surface area (Å²) in [6, 6.07) is 14.4. The lowest BCUT2D eigenvalue weighted by Crippen LogP contribution is -1.99. The topological polar surface area (TPSA) is 30.7 Å². The van der Waals surface area contributed by atoms with Gasteiger partial charge in [-0.1, -0.05) is 59.8 Å². The maximum absolute atomic E-state index is 13.1. The summed E-state index contributed by atoms with van der Waals surface area (Å²) in [4.78, 5) is 0. The van der Waals surface area contributed by atoms with Crippen LogP contribution in [0.2, 0.25) is 5.02 Å². The van der Waals surface area contributed by atoms with E-state index in [4.69, 9.17) is 11.6 Å². The van der Waals surface area contributed by atoms with Crippen LogP contribution in [-0.4, -0.2) is 14.8 Å². The molecule has 3 nitrogen and oxygen atoms in total. The predicted octanol–water partition coefficient (Wildman–Crippen LogP) is 5.05. The van der Waals surface area contributed by atoms with E-state index in [2.05, 4.69) is 21.7 Å². The van der Waals surface area contributed by atoms with E-state index < -0.39 is 0 Å². The first-order valence-corrected chi connectivity index (χ1v) is 8.60. The smallest absolute Gasteiger partial charge is 0.191 e. The molecule has 3 rings (SSSR count). The third-order valence-electron chi connectivity index (χ3n) is 3.44. The number of halogens is 2. The zero-order valence-electron chi connectivity index (χ0n) is 12.5. The Bertz CT molecular complexity index is 805. The highest BCUT2D eigenvalue weighted by Gasteiger charge is 2.13. The van der Waals surface area contributed by atoms with Gasteiger partial charge >= 0.3 is 0 Å². The lowest BCUT2D eigenvalue weighted by molar-refractivity contribution is 0.627. The van der Waals surface area contributed by atoms with Gasteiger partial charge < -0.3 is 4.57 Å². The van der Waals surface area contributed by atoms with Crippen LogP contribution in [0, 0.1) is 5.82 Å². The summed E-state index contributed by atoms with van der Waals surface area (Å²) in [7, 11) is 0. The zero-order chi connectivity index (χ0) is 16.2. The van der Waals surface area contributed by atoms with Crippen molar-refractivity contribution in [1.82, 2.24) is 14.8 Å². The summed E-state index contributed by atoms with van der Waals surface area (Å²) in [5, 5.41) is 9.85. The molecule has 118 valence electrons. The van der Waals surface area contributed by atoms with E-state index in [9.17, 15) is 4.39 Å². The average molecular weight is 348 g/mol. The standard InChI is InChI=1S/C17H15ClFN3S/c1-2-22-16(12-6-4-3-5-7-12)20-21-17(22)23-11-13-8-9-14(19)10-15(13)18/h3-10H,2,11H2,1H3. The molecule has 2 aromatic carbocycles. The number of rotatable bonds is 5. The van der Waals surface area contributed by atoms with E-state index in [0.29, 0.717) is 10.8 Å². The van der Waals surface area contributed by atoms with Crippen LogP contribution in [0.4, 0.5) is 4.39 Å². The van der Waals surface area contributed by atoms with Gasteiger partial charge in [0.1, 0.15) is 5.82 Å². The number of hydrogen-bond donors (Lipinski definition) is 0. The third-order valence-corrected chi connectivity index (χ3v) is 4.80. The molecule has 0 spiro atoms. The monoisotopic (exact) mass is 347 g/mol. The number of thioether (sulfide) groups is 1. The second-order valence-corrected chi connectivity index (χ2v) is 6.29. The van der Waals surface area contributed by atoms with Gasteiger partial charge in [-0.3, -0.25) is 0 Å². The van der Waals surface area contributed by atoms with Crippen molar-refractivity contribution in [3.63, 3.8) is 0 Å². The predicted molar refractivity (Wildman–Crippen MR) is 92.1 cm³/mol. The third kappa shape index (κ3) is 3.57. The molecule has 0 saturated carbocycles. The Morgan fingerprint density at radius 2 is 1.91 bits per heavy atom. The number of hydrogen-bond acceptors (Lipinski definition) is 3. The molecule has 0 radical (unpaired) electrons. The summed E-state index contributed by atoms with van der Waals surface area (Å²) in [6.07, 6.45) is 0. The van der Waals surface area contributed by atoms with Crippen LogP contribution in [0.1, 0.15) is 12.5 Å². The van der Waals surface area contributed by atoms with Crippen molar-refractivity contribution in [2.75, 3.05) is 0 Å². The number of nitrogens with zero attached hydrogens (tertiary/aromatic N) is 3. The fourth-order valence-corrected chi connectivity index (χ4v) is 3.58. The average Bonchev–Trinajstić information content (AvgIpc) is 2.98. The van der Waals surface area contributed by atoms with Gasteiger partial charge in [0.2, 0.25) is 0 Å². The molecule has 23 heavy (non-hydrogen) atoms. The van der Waals surface area contributed by atoms with Crippen molar-refractivity contribution in [3.05, 3.63) is 64.9 Å². The molecule has 0 fully saturated rings. The Kier molecular flexibility index (Phi) is 4.98. The van der Waals surface area contributed by atoms with E-state index in [-0.39, 0.29) is 5.82 Å². The lowest BCUT2D eigenvalue weighted by atomic mass is 10.2. The van der Waals surface area contributed by atoms with Gasteiger partial charge in [-0.05, 0) is 24.6 Å². The van der Waals surface area contributed by atoms with Gasteiger partial charge in [-0.15, -0.1) is 10.2 Å². The Morgan fingerprint density at radius 3 is 2.61 bits per heavy atom. The minimum absolute atomic E-state index is 0.327. The summed E-state index contributed by atoms with van der Waals surface area (Å²) < 4.78 is 15.2. The summed E-state index contributed by atoms with van der Waals surface area (Å²) in [6.45, 7) is 2.83. The highest BCUT2D eigenvalue weighted by Crippen LogP contribution is 2.28. The molecule has 0 saturated heterocycles. The van der Waals surface area contributed by atoms with Gasteiger partial charge in [-0.25, -0.2) is 4.39 Å². The summed E-state index contributed by atoms with van der Waals surface area (Å²) in [5.74, 6) is 1.14. The van der Waals surface area contributed by atoms with E-state index in [1.807, 2.05) is 30.3 Å². The quantitative estimate of drug-likeness (QED) is 0.605. The molecular formula is C17H15ClFN3S. The van der Waals surface area contributed by atoms with Crippen LogP contribution in [-0.2, 0) is 12.3 Å². The van der Waals surface area contributed by atoms with Crippen molar-refractivity contribution < 1.29 is 4.39 Å². The first-order chi connectivity index (χ1) is 11.2. The minimum atomic E-state index is -0.327. The molecule has 3 aromatic rings. The van der Waals surface area contributed by atoms with Gasteiger partial charge in [0, 0.05) is 22.9 Å². The zero-order valence-corrected chi connectivity index (χ0v) is 14.1. The fraction of sp³-hybridized carbons (Fsp3) is 0.176. The van der Waals surface area contributed by atoms with Gasteiger partial charge in [0.05, 0.1) is 0 Å². The van der Waals surface area contributed by atoms with Crippen LogP contribution < -0.4 is 0 Å². The molecule has 0 atom stereocenters. The second-order valence-electron chi connectivity index (χ2n) is 4.94. The van der Waals surface area contributed by atoms with Gasteiger partial charge in [0.25, 0.3) is 0 Å². The highest BCUT2D eigenvalue weighted by molar-refractivity contribution is 7.98. The number of benzene rings is 2. The first-order valence-electron chi connectivity index (χ1n) is 7.24. The van der Waals surface area contributed by atoms with Gasteiger partial charge in [0.15, 0.2) is 11.0 Å². The molecule has 1 aromatic heterocycles. The minimum Gasteiger partial charge on any atom is -0.302 e. The normalized spacial score (nSPS) is 10.9. The van der Waals surface area contributed by atoms with Crippen molar-refractivity contribution in [1.29, 1.82) is 0 Å². The lowest BCUT2D eigenvalue weighted by Gasteiger charge is -2.08. The largest absolute Gasteiger partial charge is 0.302 e. The molecule has 0 unspecified atom stereocenters. The molecule has 0 N–H and O–H groups in total. The van der Waals surface area contributed by atoms with E-state index in [0.717, 1.165) is 28.7 Å². The second kappa shape index (κ2) is 7.15. The Balaban J connectivity index is 1.82. The Labute approximate surface area is 143 Å². The number of aromatic nitrogens is 3. The molecule has 0 bridgehead atoms. The van der Waals surface area contributed by atoms with E-state index in [1.54, 1.807) is 17.8 Å². The molecule has 0 aliphatic heterocycles. The van der Waals surface area contributed by atoms with E-state index in [1.165, 1.54) is 12.1 Å². The highest BCUT2D eigenvalue weighted by atomic mass is 35.5. The van der Waals surface area contributed by atoms with Crippen molar-refractivity contribution >= 4 is 23.4 Å². The first kappa shape index (κ1) is 16.0. The van der Waals surface area contributed by atoms with Gasteiger partial charge in [-0.2, -0.15) is 0 Å². The SMILES string of the molecule is CCn1c(SCc2ccc(F)cc2Cl)nnc1-c1ccccc1. The molecule has 0 amide bonds. The van der Waals surface area contributed by atoms with Crippen molar-refractivity contribution in [2.24, 2.45) is 0 Å². The molecule has 0 aliphatic carbocycles. The Hall–Kier alpha value is -1.85. The van der Waals surface area contributed by atoms with Crippen molar-refractivity contribution in [2.45, 2.75) is 24.4 Å². The molecule has 6 heteroatoms. The van der Waals surface area contributed by atoms with Crippen molar-refractivity contribution in [3.8, 4) is 11.4 Å². The van der Waals surface area contributed by atoms with Crippen LogP contribution in [0.3, 0.4) is 0 Å². The van der Waals surface area contributed by atoms with Crippen LogP contribution in [0.5, 0.6) is 0 Å². The molecule has 0 aliphatic rings. The fourth-order valence-electron chi connectivity index (χ4n) is 2.26. The van der Waals surface area contributed by atoms with Crippen LogP contribution >= 0.6 is 23.4 Å². The van der Waals surface area contributed by atoms with Crippen LogP contribution in [0.15, 0.2) is 53.7 Å². The summed E-state index contributed by atoms with van der Waals surface area (Å²) >= 11 is 7.62. The maximum Gasteiger partial charge on any atom is 0.191 e.